The fourth-order valence-corrected chi connectivity index (χ4v) is 5.88. The first-order valence-corrected chi connectivity index (χ1v) is 16.0. The van der Waals surface area contributed by atoms with Gasteiger partial charge in [-0.3, -0.25) is 13.9 Å². The van der Waals surface area contributed by atoms with Crippen LogP contribution in [0.2, 0.25) is 0 Å². The highest BCUT2D eigenvalue weighted by Crippen LogP contribution is 2.29. The molecule has 1 N–H and O–H groups in total. The minimum atomic E-state index is -3.83. The lowest BCUT2D eigenvalue weighted by Crippen LogP contribution is -2.54. The van der Waals surface area contributed by atoms with E-state index >= 15 is 0 Å². The fourth-order valence-electron chi connectivity index (χ4n) is 4.56. The number of benzene rings is 3. The number of hydrogen-bond acceptors (Lipinski definition) is 4. The molecule has 3 aromatic carbocycles. The highest BCUT2D eigenvalue weighted by Gasteiger charge is 2.33. The van der Waals surface area contributed by atoms with Gasteiger partial charge >= 0.3 is 0 Å². The molecule has 7 nitrogen and oxygen atoms in total. The van der Waals surface area contributed by atoms with E-state index in [2.05, 4.69) is 21.2 Å². The smallest absolute Gasteiger partial charge is 0.244 e. The summed E-state index contributed by atoms with van der Waals surface area (Å²) >= 11 is 3.49. The van der Waals surface area contributed by atoms with Gasteiger partial charge in [-0.15, -0.1) is 0 Å². The Balaban J connectivity index is 2.09. The van der Waals surface area contributed by atoms with E-state index in [0.717, 1.165) is 31.7 Å². The van der Waals surface area contributed by atoms with Crippen LogP contribution in [0.5, 0.6) is 0 Å². The van der Waals surface area contributed by atoms with E-state index in [-0.39, 0.29) is 30.8 Å². The number of para-hydroxylation sites is 1. The molecule has 0 bridgehead atoms. The fraction of sp³-hybridized carbons (Fsp3) is 0.355. The second-order valence-electron chi connectivity index (χ2n) is 10.5. The van der Waals surface area contributed by atoms with Crippen molar-refractivity contribution in [2.45, 2.75) is 58.7 Å². The summed E-state index contributed by atoms with van der Waals surface area (Å²) in [5.41, 5.74) is 2.98. The molecule has 0 saturated carbocycles. The monoisotopic (exact) mass is 627 g/mol. The molecule has 9 heteroatoms. The summed E-state index contributed by atoms with van der Waals surface area (Å²) in [7, 11) is -3.83. The molecular weight excluding hydrogens is 590 g/mol. The topological polar surface area (TPSA) is 86.8 Å². The van der Waals surface area contributed by atoms with Gasteiger partial charge < -0.3 is 10.2 Å². The average Bonchev–Trinajstić information content (AvgIpc) is 2.88. The van der Waals surface area contributed by atoms with E-state index in [9.17, 15) is 18.0 Å². The molecular formula is C31H38BrN3O4S. The van der Waals surface area contributed by atoms with Crippen LogP contribution in [0.4, 0.5) is 5.69 Å². The molecule has 0 aliphatic heterocycles. The molecule has 2 amide bonds. The molecule has 0 fully saturated rings. The molecule has 3 rings (SSSR count). The number of hydrogen-bond donors (Lipinski definition) is 1. The number of nitrogens with one attached hydrogen (secondary N) is 1. The molecule has 40 heavy (non-hydrogen) atoms. The molecule has 0 spiro atoms. The van der Waals surface area contributed by atoms with E-state index < -0.39 is 28.5 Å². The van der Waals surface area contributed by atoms with Crippen molar-refractivity contribution < 1.29 is 18.0 Å². The molecule has 0 saturated heterocycles. The maximum atomic E-state index is 14.2. The summed E-state index contributed by atoms with van der Waals surface area (Å²) in [5, 5.41) is 2.96. The van der Waals surface area contributed by atoms with Crippen molar-refractivity contribution in [3.8, 4) is 0 Å². The summed E-state index contributed by atoms with van der Waals surface area (Å²) in [6.07, 6.45) is 1.38. The molecule has 0 aliphatic carbocycles. The van der Waals surface area contributed by atoms with Gasteiger partial charge in [0.25, 0.3) is 0 Å². The van der Waals surface area contributed by atoms with Crippen molar-refractivity contribution >= 4 is 43.5 Å². The quantitative estimate of drug-likeness (QED) is 0.287. The molecule has 0 aromatic heterocycles. The van der Waals surface area contributed by atoms with E-state index in [1.54, 1.807) is 12.1 Å². The van der Waals surface area contributed by atoms with Crippen molar-refractivity contribution in [3.63, 3.8) is 0 Å². The van der Waals surface area contributed by atoms with Crippen LogP contribution in [0.1, 0.15) is 50.3 Å². The number of rotatable bonds is 12. The predicted octanol–water partition coefficient (Wildman–Crippen LogP) is 5.50. The van der Waals surface area contributed by atoms with Crippen LogP contribution in [0.25, 0.3) is 0 Å². The zero-order chi connectivity index (χ0) is 29.4. The first-order valence-electron chi connectivity index (χ1n) is 13.3. The van der Waals surface area contributed by atoms with Crippen LogP contribution in [0.15, 0.2) is 83.3 Å². The number of sulfonamides is 1. The second-order valence-corrected chi connectivity index (χ2v) is 13.3. The first-order chi connectivity index (χ1) is 18.9. The maximum Gasteiger partial charge on any atom is 0.244 e. The normalized spacial score (nSPS) is 12.3. The highest BCUT2D eigenvalue weighted by molar-refractivity contribution is 9.10. The van der Waals surface area contributed by atoms with Gasteiger partial charge in [0.2, 0.25) is 21.8 Å². The molecule has 0 heterocycles. The summed E-state index contributed by atoms with van der Waals surface area (Å²) in [4.78, 5) is 29.3. The Morgan fingerprint density at radius 3 is 2.10 bits per heavy atom. The second kappa shape index (κ2) is 13.9. The van der Waals surface area contributed by atoms with Gasteiger partial charge in [-0.05, 0) is 54.7 Å². The van der Waals surface area contributed by atoms with Crippen LogP contribution in [-0.2, 0) is 32.6 Å². The molecule has 1 unspecified atom stereocenters. The average molecular weight is 629 g/mol. The van der Waals surface area contributed by atoms with E-state index in [4.69, 9.17) is 0 Å². The Morgan fingerprint density at radius 2 is 1.50 bits per heavy atom. The van der Waals surface area contributed by atoms with E-state index in [1.807, 2.05) is 94.4 Å². The highest BCUT2D eigenvalue weighted by atomic mass is 79.9. The van der Waals surface area contributed by atoms with Gasteiger partial charge in [-0.2, -0.15) is 0 Å². The number of carbonyl (C=O) groups is 2. The van der Waals surface area contributed by atoms with Crippen molar-refractivity contribution in [3.05, 3.63) is 100 Å². The number of amides is 2. The molecule has 214 valence electrons. The minimum absolute atomic E-state index is 0.0379. The molecule has 1 atom stereocenters. The largest absolute Gasteiger partial charge is 0.352 e. The Hall–Kier alpha value is -3.17. The Morgan fingerprint density at radius 1 is 0.875 bits per heavy atom. The van der Waals surface area contributed by atoms with Gasteiger partial charge in [0.1, 0.15) is 12.6 Å². The van der Waals surface area contributed by atoms with E-state index in [0.29, 0.717) is 5.69 Å². The van der Waals surface area contributed by atoms with Crippen LogP contribution < -0.4 is 9.62 Å². The van der Waals surface area contributed by atoms with Crippen LogP contribution in [0.3, 0.4) is 0 Å². The third-order valence-electron chi connectivity index (χ3n) is 6.45. The van der Waals surface area contributed by atoms with Crippen molar-refractivity contribution in [2.24, 2.45) is 0 Å². The lowest BCUT2D eigenvalue weighted by Gasteiger charge is -2.34. The lowest BCUT2D eigenvalue weighted by molar-refractivity contribution is -0.140. The Kier molecular flexibility index (Phi) is 10.9. The van der Waals surface area contributed by atoms with Gasteiger partial charge in [0.15, 0.2) is 0 Å². The van der Waals surface area contributed by atoms with Crippen LogP contribution in [0, 0.1) is 0 Å². The Labute approximate surface area is 246 Å². The van der Waals surface area contributed by atoms with Crippen LogP contribution in [-0.4, -0.2) is 50.0 Å². The summed E-state index contributed by atoms with van der Waals surface area (Å²) in [6.45, 7) is 7.39. The lowest BCUT2D eigenvalue weighted by atomic mass is 10.0. The number of halogens is 1. The zero-order valence-electron chi connectivity index (χ0n) is 23.7. The SMILES string of the molecule is CC(C)NC(=O)C(Cc1ccccc1)N(Cc1cccc(Br)c1)C(=O)CN(c1ccccc1C(C)C)S(C)(=O)=O. The third-order valence-corrected chi connectivity index (χ3v) is 8.07. The maximum absolute atomic E-state index is 14.2. The van der Waals surface area contributed by atoms with Gasteiger partial charge in [-0.25, -0.2) is 8.42 Å². The van der Waals surface area contributed by atoms with Crippen LogP contribution >= 0.6 is 15.9 Å². The molecule has 3 aromatic rings. The van der Waals surface area contributed by atoms with Gasteiger partial charge in [-0.1, -0.05) is 90.4 Å². The first kappa shape index (κ1) is 31.4. The zero-order valence-corrected chi connectivity index (χ0v) is 26.1. The minimum Gasteiger partial charge on any atom is -0.352 e. The van der Waals surface area contributed by atoms with Gasteiger partial charge in [0.05, 0.1) is 11.9 Å². The number of carbonyl (C=O) groups excluding carboxylic acids is 2. The molecule has 0 radical (unpaired) electrons. The van der Waals surface area contributed by atoms with Crippen molar-refractivity contribution in [1.82, 2.24) is 10.2 Å². The standard InChI is InChI=1S/C31H38BrN3O4S/c1-22(2)27-16-9-10-17-28(27)35(40(5,38)39)21-30(36)34(20-25-14-11-15-26(32)18-25)29(31(37)33-23(3)4)19-24-12-7-6-8-13-24/h6-18,22-23,29H,19-21H2,1-5H3,(H,33,37). The summed E-state index contributed by atoms with van der Waals surface area (Å²) in [6, 6.07) is 23.2. The predicted molar refractivity (Wildman–Crippen MR) is 165 cm³/mol. The number of nitrogens with zero attached hydrogens (tertiary/aromatic N) is 2. The van der Waals surface area contributed by atoms with E-state index in [1.165, 1.54) is 4.90 Å². The summed E-state index contributed by atoms with van der Waals surface area (Å²) < 4.78 is 28.1. The number of anilines is 1. The van der Waals surface area contributed by atoms with Crippen molar-refractivity contribution in [2.75, 3.05) is 17.1 Å². The Bertz CT molecular complexity index is 1410. The third kappa shape index (κ3) is 8.66. The van der Waals surface area contributed by atoms with Crippen molar-refractivity contribution in [1.29, 1.82) is 0 Å². The summed E-state index contributed by atoms with van der Waals surface area (Å²) in [5.74, 6) is -0.726. The molecule has 0 aliphatic rings. The van der Waals surface area contributed by atoms with Gasteiger partial charge in [0, 0.05) is 23.5 Å².